The first kappa shape index (κ1) is 53.6. The maximum Gasteiger partial charge on any atom is 0.0341 e. The van der Waals surface area contributed by atoms with E-state index < -0.39 is 0 Å². The summed E-state index contributed by atoms with van der Waals surface area (Å²) in [4.78, 5) is 0. The standard InChI is InChI=1S/2C42H24/c2*1-5-13-33(14-6-1)21-25-37-29-30-39(27-23-35-17-9-3-10-18-35)42-40(28-24-36-19-11-4-12-20-36)32-31-38(41(37)42)26-22-34-15-7-2-8-16-34/h2*1-20,29-32H. The normalized spacial score (nSPS) is 9.62. The number of hydrogen-bond donors (Lipinski definition) is 0. The Morgan fingerprint density at radius 2 is 0.214 bits per heavy atom. The van der Waals surface area contributed by atoms with E-state index in [4.69, 9.17) is 0 Å². The van der Waals surface area contributed by atoms with Gasteiger partial charge in [0.25, 0.3) is 0 Å². The van der Waals surface area contributed by atoms with Crippen LogP contribution in [0.15, 0.2) is 291 Å². The average molecular weight is 1060 g/mol. The molecule has 0 nitrogen and oxygen atoms in total. The second kappa shape index (κ2) is 27.5. The van der Waals surface area contributed by atoms with E-state index in [1.165, 1.54) is 0 Å². The van der Waals surface area contributed by atoms with Crippen molar-refractivity contribution in [1.82, 2.24) is 0 Å². The zero-order valence-electron chi connectivity index (χ0n) is 45.7. The second-order valence-corrected chi connectivity index (χ2v) is 19.1. The molecule has 0 fully saturated rings. The van der Waals surface area contributed by atoms with Gasteiger partial charge < -0.3 is 0 Å². The van der Waals surface area contributed by atoms with Gasteiger partial charge in [0.15, 0.2) is 0 Å². The fourth-order valence-electron chi connectivity index (χ4n) is 9.11. The summed E-state index contributed by atoms with van der Waals surface area (Å²) in [7, 11) is 0. The molecule has 0 spiro atoms. The third-order valence-corrected chi connectivity index (χ3v) is 13.2. The minimum Gasteiger partial charge on any atom is -0.0622 e. The van der Waals surface area contributed by atoms with E-state index in [1.54, 1.807) is 0 Å². The van der Waals surface area contributed by atoms with Crippen molar-refractivity contribution in [3.05, 3.63) is 380 Å². The second-order valence-electron chi connectivity index (χ2n) is 19.1. The van der Waals surface area contributed by atoms with E-state index in [0.29, 0.717) is 0 Å². The summed E-state index contributed by atoms with van der Waals surface area (Å²) in [5.41, 5.74) is 14.7. The summed E-state index contributed by atoms with van der Waals surface area (Å²) in [6.45, 7) is 0. The largest absolute Gasteiger partial charge is 0.0622 e. The summed E-state index contributed by atoms with van der Waals surface area (Å²) in [5.74, 6) is 54.2. The minimum absolute atomic E-state index is 0.889. The third kappa shape index (κ3) is 14.3. The van der Waals surface area contributed by atoms with Crippen LogP contribution < -0.4 is 0 Å². The van der Waals surface area contributed by atoms with Crippen molar-refractivity contribution in [2.45, 2.75) is 0 Å². The predicted molar refractivity (Wildman–Crippen MR) is 347 cm³/mol. The molecule has 0 unspecified atom stereocenters. The van der Waals surface area contributed by atoms with Crippen molar-refractivity contribution >= 4 is 21.5 Å². The van der Waals surface area contributed by atoms with E-state index >= 15 is 0 Å². The lowest BCUT2D eigenvalue weighted by atomic mass is 9.91. The predicted octanol–water partition coefficient (Wildman–Crippen LogP) is 16.9. The van der Waals surface area contributed by atoms with Crippen molar-refractivity contribution < 1.29 is 0 Å². The van der Waals surface area contributed by atoms with Gasteiger partial charge in [0.05, 0.1) is 0 Å². The Morgan fingerprint density at radius 3 is 0.321 bits per heavy atom. The molecule has 12 aromatic rings. The van der Waals surface area contributed by atoms with Crippen LogP contribution in [0.1, 0.15) is 89.0 Å². The van der Waals surface area contributed by atoms with Gasteiger partial charge in [0.2, 0.25) is 0 Å². The van der Waals surface area contributed by atoms with Gasteiger partial charge in [-0.3, -0.25) is 0 Å². The number of hydrogen-bond acceptors (Lipinski definition) is 0. The molecule has 384 valence electrons. The molecule has 0 aliphatic carbocycles. The quantitative estimate of drug-likeness (QED) is 0.133. The van der Waals surface area contributed by atoms with Crippen molar-refractivity contribution in [2.24, 2.45) is 0 Å². The minimum atomic E-state index is 0.889. The van der Waals surface area contributed by atoms with Crippen LogP contribution in [0.25, 0.3) is 21.5 Å². The van der Waals surface area contributed by atoms with Gasteiger partial charge in [0, 0.05) is 111 Å². The highest BCUT2D eigenvalue weighted by molar-refractivity contribution is 6.02. The molecule has 0 radical (unpaired) electrons. The van der Waals surface area contributed by atoms with Crippen LogP contribution in [0.3, 0.4) is 0 Å². The molecule has 0 saturated carbocycles. The highest BCUT2D eigenvalue weighted by atomic mass is 14.2. The maximum absolute atomic E-state index is 3.43. The molecule has 0 heteroatoms. The molecule has 0 bridgehead atoms. The van der Waals surface area contributed by atoms with Crippen LogP contribution in [0.4, 0.5) is 0 Å². The third-order valence-electron chi connectivity index (χ3n) is 13.2. The van der Waals surface area contributed by atoms with Gasteiger partial charge in [-0.1, -0.05) is 240 Å². The van der Waals surface area contributed by atoms with Gasteiger partial charge in [-0.25, -0.2) is 0 Å². The van der Waals surface area contributed by atoms with E-state index in [1.807, 2.05) is 243 Å². The van der Waals surface area contributed by atoms with E-state index in [2.05, 4.69) is 143 Å². The molecule has 12 aromatic carbocycles. The fourth-order valence-corrected chi connectivity index (χ4v) is 9.11. The van der Waals surface area contributed by atoms with Crippen LogP contribution in [0.2, 0.25) is 0 Å². The molecule has 12 rings (SSSR count). The van der Waals surface area contributed by atoms with E-state index in [9.17, 15) is 0 Å². The zero-order chi connectivity index (χ0) is 56.8. The van der Waals surface area contributed by atoms with Crippen molar-refractivity contribution in [3.63, 3.8) is 0 Å². The Morgan fingerprint density at radius 1 is 0.107 bits per heavy atom. The highest BCUT2D eigenvalue weighted by Gasteiger charge is 2.14. The van der Waals surface area contributed by atoms with Gasteiger partial charge in [-0.2, -0.15) is 0 Å². The van der Waals surface area contributed by atoms with Gasteiger partial charge >= 0.3 is 0 Å². The first-order chi connectivity index (χ1) is 41.7. The maximum atomic E-state index is 3.43. The van der Waals surface area contributed by atoms with E-state index in [0.717, 1.165) is 111 Å². The monoisotopic (exact) mass is 1060 g/mol. The Bertz CT molecular complexity index is 3910. The Hall–Kier alpha value is -12.4. The van der Waals surface area contributed by atoms with Gasteiger partial charge in [0.1, 0.15) is 0 Å². The molecule has 0 atom stereocenters. The van der Waals surface area contributed by atoms with Crippen molar-refractivity contribution in [2.75, 3.05) is 0 Å². The van der Waals surface area contributed by atoms with E-state index in [-0.39, 0.29) is 0 Å². The van der Waals surface area contributed by atoms with Crippen molar-refractivity contribution in [3.8, 4) is 94.7 Å². The molecule has 0 amide bonds. The summed E-state index contributed by atoms with van der Waals surface area (Å²) in [5, 5.41) is 3.84. The Balaban J connectivity index is 0.000000175. The van der Waals surface area contributed by atoms with Gasteiger partial charge in [-0.05, 0) is 146 Å². The molecular formula is C84H48. The lowest BCUT2D eigenvalue weighted by molar-refractivity contribution is 1.59. The first-order valence-electron chi connectivity index (χ1n) is 27.4. The SMILES string of the molecule is C(#Cc1ccc(C#Cc2ccccc2)c2c(C#Cc3ccccc3)ccc(C#Cc3ccccc3)c12)c1ccccc1.C(#Cc1ccc(C#Cc2ccccc2)c2c(C#Cc3ccccc3)ccc(C#Cc3ccccc3)c12)c1ccccc1. The van der Waals surface area contributed by atoms with Crippen LogP contribution >= 0.6 is 0 Å². The topological polar surface area (TPSA) is 0 Å². The lowest BCUT2D eigenvalue weighted by Gasteiger charge is -2.10. The zero-order valence-corrected chi connectivity index (χ0v) is 45.7. The van der Waals surface area contributed by atoms with Gasteiger partial charge in [-0.15, -0.1) is 0 Å². The first-order valence-corrected chi connectivity index (χ1v) is 27.4. The van der Waals surface area contributed by atoms with Crippen molar-refractivity contribution in [1.29, 1.82) is 0 Å². The Kier molecular flexibility index (Phi) is 17.6. The van der Waals surface area contributed by atoms with Crippen LogP contribution in [-0.2, 0) is 0 Å². The summed E-state index contributed by atoms with van der Waals surface area (Å²) < 4.78 is 0. The number of rotatable bonds is 0. The molecule has 0 aromatic heterocycles. The smallest absolute Gasteiger partial charge is 0.0341 e. The molecule has 0 N–H and O–H groups in total. The lowest BCUT2D eigenvalue weighted by Crippen LogP contribution is -1.93. The fraction of sp³-hybridized carbons (Fsp3) is 0. The molecule has 0 heterocycles. The number of fused-ring (bicyclic) bond motifs is 2. The molecular weight excluding hydrogens is 1010 g/mol. The molecule has 84 heavy (non-hydrogen) atoms. The number of benzene rings is 12. The molecule has 0 aliphatic heterocycles. The summed E-state index contributed by atoms with van der Waals surface area (Å²) >= 11 is 0. The Labute approximate surface area is 493 Å². The average Bonchev–Trinajstić information content (AvgIpc) is 1.84. The molecule has 0 aliphatic rings. The van der Waals surface area contributed by atoms with Crippen LogP contribution in [0, 0.1) is 94.7 Å². The highest BCUT2D eigenvalue weighted by Crippen LogP contribution is 2.31. The summed E-state index contributed by atoms with van der Waals surface area (Å²) in [6, 6.07) is 96.6. The van der Waals surface area contributed by atoms with Crippen LogP contribution in [0.5, 0.6) is 0 Å². The van der Waals surface area contributed by atoms with Crippen LogP contribution in [-0.4, -0.2) is 0 Å². The summed E-state index contributed by atoms with van der Waals surface area (Å²) in [6.07, 6.45) is 0. The molecule has 0 saturated heterocycles.